The van der Waals surface area contributed by atoms with Crippen LogP contribution in [-0.2, 0) is 6.18 Å². The maximum atomic E-state index is 12.9. The number of alkyl halides is 3. The van der Waals surface area contributed by atoms with Gasteiger partial charge in [-0.2, -0.15) is 18.4 Å². The molecule has 0 aliphatic carbocycles. The first-order chi connectivity index (χ1) is 14.9. The van der Waals surface area contributed by atoms with Gasteiger partial charge in [0.05, 0.1) is 17.2 Å². The molecule has 2 aliphatic heterocycles. The number of likely N-dealkylation sites (tertiary alicyclic amines) is 1. The van der Waals surface area contributed by atoms with E-state index >= 15 is 0 Å². The zero-order valence-electron chi connectivity index (χ0n) is 17.6. The standard InChI is InChI=1S/C25H28F3N3/c26-25(27,28)22-9-6-20(7-10-22)21-8-13-24(18-30-14-2-1-3-15-30)31(17-21)23-11-4-19(16-29)5-12-23/h4-7,9-12,21,24H,1-3,8,13-15,17-18H2/t21?,24-/m0/s1. The van der Waals surface area contributed by atoms with Gasteiger partial charge in [-0.3, -0.25) is 0 Å². The Morgan fingerprint density at radius 2 is 1.58 bits per heavy atom. The van der Waals surface area contributed by atoms with E-state index in [-0.39, 0.29) is 5.92 Å². The highest BCUT2D eigenvalue weighted by molar-refractivity contribution is 5.52. The van der Waals surface area contributed by atoms with Gasteiger partial charge >= 0.3 is 6.18 Å². The Labute approximate surface area is 182 Å². The molecule has 2 atom stereocenters. The summed E-state index contributed by atoms with van der Waals surface area (Å²) < 4.78 is 38.8. The summed E-state index contributed by atoms with van der Waals surface area (Å²) in [7, 11) is 0. The predicted molar refractivity (Wildman–Crippen MR) is 116 cm³/mol. The van der Waals surface area contributed by atoms with Crippen molar-refractivity contribution in [2.75, 3.05) is 31.1 Å². The molecule has 0 amide bonds. The van der Waals surface area contributed by atoms with Crippen molar-refractivity contribution in [3.63, 3.8) is 0 Å². The second-order valence-corrected chi connectivity index (χ2v) is 8.72. The number of nitrogens with zero attached hydrogens (tertiary/aromatic N) is 3. The van der Waals surface area contributed by atoms with Gasteiger partial charge in [0.1, 0.15) is 0 Å². The van der Waals surface area contributed by atoms with Crippen molar-refractivity contribution in [3.8, 4) is 6.07 Å². The molecule has 0 saturated carbocycles. The van der Waals surface area contributed by atoms with Crippen molar-refractivity contribution in [3.05, 3.63) is 65.2 Å². The summed E-state index contributed by atoms with van der Waals surface area (Å²) in [5, 5.41) is 9.13. The van der Waals surface area contributed by atoms with Crippen LogP contribution in [0.15, 0.2) is 48.5 Å². The van der Waals surface area contributed by atoms with Crippen molar-refractivity contribution in [1.82, 2.24) is 4.90 Å². The van der Waals surface area contributed by atoms with Crippen LogP contribution >= 0.6 is 0 Å². The van der Waals surface area contributed by atoms with Gasteiger partial charge in [-0.1, -0.05) is 18.6 Å². The van der Waals surface area contributed by atoms with Crippen LogP contribution in [0.5, 0.6) is 0 Å². The smallest absolute Gasteiger partial charge is 0.367 e. The fraction of sp³-hybridized carbons (Fsp3) is 0.480. The number of nitriles is 1. The van der Waals surface area contributed by atoms with Crippen LogP contribution in [0.1, 0.15) is 54.7 Å². The molecule has 2 aromatic carbocycles. The topological polar surface area (TPSA) is 30.3 Å². The summed E-state index contributed by atoms with van der Waals surface area (Å²) in [6.07, 6.45) is 1.46. The predicted octanol–water partition coefficient (Wildman–Crippen LogP) is 5.82. The van der Waals surface area contributed by atoms with Crippen LogP contribution < -0.4 is 4.90 Å². The number of halogens is 3. The van der Waals surface area contributed by atoms with Crippen molar-refractivity contribution in [2.45, 2.75) is 50.2 Å². The Bertz CT molecular complexity index is 894. The molecule has 2 fully saturated rings. The summed E-state index contributed by atoms with van der Waals surface area (Å²) in [4.78, 5) is 4.95. The monoisotopic (exact) mass is 427 g/mol. The summed E-state index contributed by atoms with van der Waals surface area (Å²) in [5.74, 6) is 0.190. The molecule has 6 heteroatoms. The minimum Gasteiger partial charge on any atom is -0.367 e. The lowest BCUT2D eigenvalue weighted by Crippen LogP contribution is -2.49. The SMILES string of the molecule is N#Cc1ccc(N2CC(c3ccc(C(F)(F)F)cc3)CC[C@H]2CN2CCCCC2)cc1. The van der Waals surface area contributed by atoms with Gasteiger partial charge in [0, 0.05) is 30.7 Å². The Balaban J connectivity index is 1.54. The number of anilines is 1. The van der Waals surface area contributed by atoms with E-state index in [2.05, 4.69) is 15.9 Å². The minimum absolute atomic E-state index is 0.190. The maximum Gasteiger partial charge on any atom is 0.416 e. The Kier molecular flexibility index (Phi) is 6.52. The molecule has 0 aromatic heterocycles. The molecular formula is C25H28F3N3. The second-order valence-electron chi connectivity index (χ2n) is 8.72. The average molecular weight is 428 g/mol. The lowest BCUT2D eigenvalue weighted by molar-refractivity contribution is -0.137. The van der Waals surface area contributed by atoms with Crippen molar-refractivity contribution in [1.29, 1.82) is 5.26 Å². The maximum absolute atomic E-state index is 12.9. The molecule has 0 bridgehead atoms. The number of benzene rings is 2. The van der Waals surface area contributed by atoms with E-state index in [1.807, 2.05) is 24.3 Å². The molecule has 3 nitrogen and oxygen atoms in total. The lowest BCUT2D eigenvalue weighted by atomic mass is 9.86. The van der Waals surface area contributed by atoms with Crippen LogP contribution in [0.3, 0.4) is 0 Å². The Morgan fingerprint density at radius 3 is 2.19 bits per heavy atom. The molecule has 2 heterocycles. The van der Waals surface area contributed by atoms with Crippen LogP contribution in [0, 0.1) is 11.3 Å². The summed E-state index contributed by atoms with van der Waals surface area (Å²) >= 11 is 0. The molecule has 0 radical (unpaired) electrons. The first-order valence-corrected chi connectivity index (χ1v) is 11.1. The average Bonchev–Trinajstić information content (AvgIpc) is 2.80. The normalized spacial score (nSPS) is 22.8. The fourth-order valence-corrected chi connectivity index (χ4v) is 4.92. The van der Waals surface area contributed by atoms with E-state index in [1.165, 1.54) is 31.4 Å². The van der Waals surface area contributed by atoms with Gasteiger partial charge in [-0.25, -0.2) is 0 Å². The third-order valence-corrected chi connectivity index (χ3v) is 6.66. The van der Waals surface area contributed by atoms with Gasteiger partial charge in [0.25, 0.3) is 0 Å². The second kappa shape index (κ2) is 9.32. The van der Waals surface area contributed by atoms with Crippen LogP contribution in [-0.4, -0.2) is 37.1 Å². The van der Waals surface area contributed by atoms with Crippen molar-refractivity contribution in [2.24, 2.45) is 0 Å². The van der Waals surface area contributed by atoms with E-state index in [0.29, 0.717) is 11.6 Å². The van der Waals surface area contributed by atoms with Gasteiger partial charge in [-0.15, -0.1) is 0 Å². The van der Waals surface area contributed by atoms with E-state index < -0.39 is 11.7 Å². The molecule has 2 aromatic rings. The summed E-state index contributed by atoms with van der Waals surface area (Å²) in [6, 6.07) is 15.9. The Morgan fingerprint density at radius 1 is 0.903 bits per heavy atom. The Hall–Kier alpha value is -2.52. The first-order valence-electron chi connectivity index (χ1n) is 11.1. The number of rotatable bonds is 4. The molecule has 164 valence electrons. The molecule has 0 spiro atoms. The quantitative estimate of drug-likeness (QED) is 0.616. The third-order valence-electron chi connectivity index (χ3n) is 6.66. The molecule has 2 aliphatic rings. The molecule has 31 heavy (non-hydrogen) atoms. The highest BCUT2D eigenvalue weighted by Crippen LogP contribution is 2.36. The molecule has 0 N–H and O–H groups in total. The van der Waals surface area contributed by atoms with Crippen LogP contribution in [0.25, 0.3) is 0 Å². The molecule has 2 saturated heterocycles. The number of hydrogen-bond donors (Lipinski definition) is 0. The molecule has 4 rings (SSSR count). The molecule has 1 unspecified atom stereocenters. The zero-order chi connectivity index (χ0) is 21.8. The number of hydrogen-bond acceptors (Lipinski definition) is 3. The zero-order valence-corrected chi connectivity index (χ0v) is 17.6. The van der Waals surface area contributed by atoms with Gasteiger partial charge < -0.3 is 9.80 Å². The largest absolute Gasteiger partial charge is 0.416 e. The number of piperidine rings is 2. The highest BCUT2D eigenvalue weighted by Gasteiger charge is 2.33. The van der Waals surface area contributed by atoms with E-state index in [4.69, 9.17) is 5.26 Å². The first kappa shape index (κ1) is 21.7. The van der Waals surface area contributed by atoms with E-state index in [1.54, 1.807) is 12.1 Å². The van der Waals surface area contributed by atoms with Gasteiger partial charge in [0.15, 0.2) is 0 Å². The summed E-state index contributed by atoms with van der Waals surface area (Å²) in [5.41, 5.74) is 2.08. The van der Waals surface area contributed by atoms with Crippen LogP contribution in [0.4, 0.5) is 18.9 Å². The molecular weight excluding hydrogens is 399 g/mol. The minimum atomic E-state index is -4.31. The van der Waals surface area contributed by atoms with Crippen LogP contribution in [0.2, 0.25) is 0 Å². The highest BCUT2D eigenvalue weighted by atomic mass is 19.4. The fourth-order valence-electron chi connectivity index (χ4n) is 4.92. The van der Waals surface area contributed by atoms with Crippen molar-refractivity contribution < 1.29 is 13.2 Å². The van der Waals surface area contributed by atoms with Crippen molar-refractivity contribution >= 4 is 5.69 Å². The van der Waals surface area contributed by atoms with E-state index in [0.717, 1.165) is 50.3 Å². The summed E-state index contributed by atoms with van der Waals surface area (Å²) in [6.45, 7) is 4.07. The van der Waals surface area contributed by atoms with Gasteiger partial charge in [-0.05, 0) is 80.7 Å². The van der Waals surface area contributed by atoms with Gasteiger partial charge in [0.2, 0.25) is 0 Å². The van der Waals surface area contributed by atoms with E-state index in [9.17, 15) is 13.2 Å². The third kappa shape index (κ3) is 5.22. The lowest BCUT2D eigenvalue weighted by Gasteiger charge is -2.44.